The Labute approximate surface area is 62.1 Å². The molecule has 2 unspecified atom stereocenters. The van der Waals surface area contributed by atoms with Gasteiger partial charge >= 0.3 is 0 Å². The molecule has 50 valence electrons. The Morgan fingerprint density at radius 2 is 1.62 bits per heavy atom. The fraction of sp³-hybridized carbons (Fsp3) is 1.00. The summed E-state index contributed by atoms with van der Waals surface area (Å²) in [6, 6.07) is 0. The summed E-state index contributed by atoms with van der Waals surface area (Å²) < 4.78 is 0. The van der Waals surface area contributed by atoms with Crippen molar-refractivity contribution in [1.82, 2.24) is 0 Å². The van der Waals surface area contributed by atoms with Gasteiger partial charge in [0.05, 0.1) is 5.12 Å². The van der Waals surface area contributed by atoms with Gasteiger partial charge in [0, 0.05) is 7.27 Å². The van der Waals surface area contributed by atoms with Gasteiger partial charge in [-0.25, -0.2) is 0 Å². The number of alkyl halides is 1. The maximum absolute atomic E-state index is 5.88. The van der Waals surface area contributed by atoms with Crippen LogP contribution in [-0.4, -0.2) is 10.8 Å². The summed E-state index contributed by atoms with van der Waals surface area (Å²) in [5.41, 5.74) is 0.541. The first kappa shape index (κ1) is 9.01. The quantitative estimate of drug-likeness (QED) is 0.441. The SMILES string of the molecule is CC(C)P(Cl)C(C)Cl. The predicted molar refractivity (Wildman–Crippen MR) is 43.2 cm³/mol. The van der Waals surface area contributed by atoms with Crippen LogP contribution in [0.25, 0.3) is 0 Å². The summed E-state index contributed by atoms with van der Waals surface area (Å²) in [7, 11) is -0.461. The Morgan fingerprint density at radius 3 is 1.62 bits per heavy atom. The summed E-state index contributed by atoms with van der Waals surface area (Å²) in [6.45, 7) is 6.13. The van der Waals surface area contributed by atoms with Gasteiger partial charge in [-0.3, -0.25) is 0 Å². The lowest BCUT2D eigenvalue weighted by molar-refractivity contribution is 1.09. The molecule has 0 aromatic heterocycles. The highest BCUT2D eigenvalue weighted by atomic mass is 35.7. The predicted octanol–water partition coefficient (Wildman–Crippen LogP) is 3.62. The molecule has 0 amide bonds. The zero-order chi connectivity index (χ0) is 6.73. The smallest absolute Gasteiger partial charge is 0.0648 e. The lowest BCUT2D eigenvalue weighted by atomic mass is 10.6. The molecule has 0 spiro atoms. The molecule has 0 bridgehead atoms. The van der Waals surface area contributed by atoms with Crippen LogP contribution in [0.5, 0.6) is 0 Å². The van der Waals surface area contributed by atoms with Gasteiger partial charge in [-0.05, 0) is 12.6 Å². The molecule has 0 aromatic rings. The molecule has 0 aromatic carbocycles. The first-order valence-corrected chi connectivity index (χ1v) is 5.46. The average Bonchev–Trinajstić information content (AvgIpc) is 1.64. The molecular weight excluding hydrogens is 162 g/mol. The van der Waals surface area contributed by atoms with E-state index in [2.05, 4.69) is 13.8 Å². The molecule has 0 aliphatic carbocycles. The molecule has 0 heterocycles. The molecule has 0 saturated heterocycles. The standard InChI is InChI=1S/C5H11Cl2P/c1-4(2)8(7)5(3)6/h4-5H,1-3H3. The molecule has 0 radical (unpaired) electrons. The van der Waals surface area contributed by atoms with Gasteiger partial charge in [0.25, 0.3) is 0 Å². The van der Waals surface area contributed by atoms with Crippen LogP contribution in [0.3, 0.4) is 0 Å². The molecule has 0 aliphatic rings. The first-order chi connectivity index (χ1) is 3.55. The number of rotatable bonds is 2. The molecule has 0 nitrogen and oxygen atoms in total. The molecule has 3 heteroatoms. The van der Waals surface area contributed by atoms with Crippen LogP contribution >= 0.6 is 30.1 Å². The van der Waals surface area contributed by atoms with E-state index in [4.69, 9.17) is 22.8 Å². The number of halogens is 2. The second-order valence-corrected chi connectivity index (χ2v) is 6.64. The Balaban J connectivity index is 3.46. The van der Waals surface area contributed by atoms with E-state index >= 15 is 0 Å². The minimum Gasteiger partial charge on any atom is -0.117 e. The summed E-state index contributed by atoms with van der Waals surface area (Å²) in [5, 5.41) is 0.145. The van der Waals surface area contributed by atoms with E-state index in [1.54, 1.807) is 0 Å². The van der Waals surface area contributed by atoms with Gasteiger partial charge in [-0.2, -0.15) is 0 Å². The number of hydrogen-bond donors (Lipinski definition) is 0. The molecule has 2 atom stereocenters. The highest BCUT2D eigenvalue weighted by molar-refractivity contribution is 7.86. The maximum atomic E-state index is 5.88. The van der Waals surface area contributed by atoms with Gasteiger partial charge < -0.3 is 0 Å². The van der Waals surface area contributed by atoms with Crippen LogP contribution in [0.1, 0.15) is 20.8 Å². The molecule has 0 N–H and O–H groups in total. The van der Waals surface area contributed by atoms with Gasteiger partial charge in [0.1, 0.15) is 0 Å². The van der Waals surface area contributed by atoms with Crippen LogP contribution in [0.15, 0.2) is 0 Å². The summed E-state index contributed by atoms with van der Waals surface area (Å²) >= 11 is 11.6. The van der Waals surface area contributed by atoms with E-state index < -0.39 is 7.27 Å². The monoisotopic (exact) mass is 172 g/mol. The van der Waals surface area contributed by atoms with Crippen LogP contribution in [-0.2, 0) is 0 Å². The molecule has 0 rings (SSSR count). The average molecular weight is 173 g/mol. The van der Waals surface area contributed by atoms with Crippen molar-refractivity contribution in [3.8, 4) is 0 Å². The van der Waals surface area contributed by atoms with Crippen LogP contribution in [0.2, 0.25) is 0 Å². The zero-order valence-corrected chi connectivity index (χ0v) is 7.76. The maximum Gasteiger partial charge on any atom is 0.0648 e. The zero-order valence-electron chi connectivity index (χ0n) is 5.36. The minimum atomic E-state index is -0.461. The molecule has 8 heavy (non-hydrogen) atoms. The van der Waals surface area contributed by atoms with Crippen LogP contribution < -0.4 is 0 Å². The Bertz CT molecular complexity index is 55.4. The van der Waals surface area contributed by atoms with Gasteiger partial charge in [0.15, 0.2) is 0 Å². The van der Waals surface area contributed by atoms with E-state index in [0.29, 0.717) is 5.66 Å². The van der Waals surface area contributed by atoms with Crippen molar-refractivity contribution in [3.05, 3.63) is 0 Å². The van der Waals surface area contributed by atoms with Gasteiger partial charge in [0.2, 0.25) is 0 Å². The normalized spacial score (nSPS) is 18.8. The largest absolute Gasteiger partial charge is 0.117 e. The van der Waals surface area contributed by atoms with Crippen molar-refractivity contribution in [2.75, 3.05) is 0 Å². The van der Waals surface area contributed by atoms with Crippen molar-refractivity contribution in [3.63, 3.8) is 0 Å². The molecule has 0 fully saturated rings. The summed E-state index contributed by atoms with van der Waals surface area (Å²) in [6.07, 6.45) is 0. The topological polar surface area (TPSA) is 0 Å². The van der Waals surface area contributed by atoms with E-state index in [0.717, 1.165) is 0 Å². The van der Waals surface area contributed by atoms with Crippen molar-refractivity contribution in [1.29, 1.82) is 0 Å². The molecule has 0 saturated carbocycles. The van der Waals surface area contributed by atoms with Crippen molar-refractivity contribution in [2.45, 2.75) is 31.5 Å². The third-order valence-electron chi connectivity index (χ3n) is 0.833. The molecule has 0 aliphatic heterocycles. The Hall–Kier alpha value is 1.01. The number of hydrogen-bond acceptors (Lipinski definition) is 0. The van der Waals surface area contributed by atoms with Gasteiger partial charge in [-0.1, -0.05) is 25.1 Å². The van der Waals surface area contributed by atoms with Crippen molar-refractivity contribution in [2.24, 2.45) is 0 Å². The fourth-order valence-electron chi connectivity index (χ4n) is 0.411. The van der Waals surface area contributed by atoms with Gasteiger partial charge in [-0.15, -0.1) is 11.6 Å². The van der Waals surface area contributed by atoms with E-state index in [9.17, 15) is 0 Å². The Morgan fingerprint density at radius 1 is 1.25 bits per heavy atom. The van der Waals surface area contributed by atoms with E-state index in [1.807, 2.05) is 6.92 Å². The third-order valence-corrected chi connectivity index (χ3v) is 5.48. The highest BCUT2D eigenvalue weighted by Gasteiger charge is 2.14. The summed E-state index contributed by atoms with van der Waals surface area (Å²) in [4.78, 5) is 0. The second kappa shape index (κ2) is 3.93. The van der Waals surface area contributed by atoms with Crippen molar-refractivity contribution >= 4 is 30.1 Å². The van der Waals surface area contributed by atoms with E-state index in [1.165, 1.54) is 0 Å². The van der Waals surface area contributed by atoms with Crippen LogP contribution in [0, 0.1) is 0 Å². The second-order valence-electron chi connectivity index (χ2n) is 2.01. The molecular formula is C5H11Cl2P. The van der Waals surface area contributed by atoms with Crippen LogP contribution in [0.4, 0.5) is 0 Å². The summed E-state index contributed by atoms with van der Waals surface area (Å²) in [5.74, 6) is 0. The lowest BCUT2D eigenvalue weighted by Crippen LogP contribution is -1.94. The van der Waals surface area contributed by atoms with E-state index in [-0.39, 0.29) is 5.12 Å². The lowest BCUT2D eigenvalue weighted by Gasteiger charge is -2.14. The Kier molecular flexibility index (Phi) is 4.42. The first-order valence-electron chi connectivity index (χ1n) is 2.64. The minimum absolute atomic E-state index is 0.145. The fourth-order valence-corrected chi connectivity index (χ4v) is 1.91. The highest BCUT2D eigenvalue weighted by Crippen LogP contribution is 2.52. The van der Waals surface area contributed by atoms with Crippen molar-refractivity contribution < 1.29 is 0 Å². The third kappa shape index (κ3) is 3.12.